The van der Waals surface area contributed by atoms with Crippen molar-refractivity contribution in [1.29, 1.82) is 0 Å². The lowest BCUT2D eigenvalue weighted by Gasteiger charge is -2.36. The normalized spacial score (nSPS) is 20.4. The second-order valence-corrected chi connectivity index (χ2v) is 6.93. The number of likely N-dealkylation sites (tertiary alicyclic amines) is 1. The second-order valence-electron chi connectivity index (χ2n) is 6.93. The van der Waals surface area contributed by atoms with E-state index in [1.54, 1.807) is 7.11 Å². The Morgan fingerprint density at radius 2 is 2.00 bits per heavy atom. The van der Waals surface area contributed by atoms with Crippen LogP contribution in [0.2, 0.25) is 0 Å². The van der Waals surface area contributed by atoms with E-state index in [0.717, 1.165) is 42.3 Å². The molecule has 0 N–H and O–H groups in total. The molecule has 2 aliphatic heterocycles. The first-order valence-electron chi connectivity index (χ1n) is 9.45. The highest BCUT2D eigenvalue weighted by Crippen LogP contribution is 2.39. The molecule has 2 aromatic rings. The van der Waals surface area contributed by atoms with Gasteiger partial charge in [-0.1, -0.05) is 12.5 Å². The highest BCUT2D eigenvalue weighted by Gasteiger charge is 2.26. The predicted octanol–water partition coefficient (Wildman–Crippen LogP) is 3.98. The van der Waals surface area contributed by atoms with Crippen molar-refractivity contribution in [3.8, 4) is 17.2 Å². The standard InChI is InChI=1S/C21H26N2O3/c1-24-19-13-21-20(25-10-5-11-26-21)12-17(19)15-23-9-3-2-7-18(23)16-6-4-8-22-14-16/h4,6,8,12-14,18H,2-3,5,7,9-11,15H2,1H3/t18-/m1/s1. The van der Waals surface area contributed by atoms with E-state index in [1.807, 2.05) is 24.5 Å². The second kappa shape index (κ2) is 7.96. The first kappa shape index (κ1) is 17.2. The molecule has 1 atom stereocenters. The Morgan fingerprint density at radius 3 is 2.77 bits per heavy atom. The van der Waals surface area contributed by atoms with Crippen molar-refractivity contribution in [2.45, 2.75) is 38.3 Å². The van der Waals surface area contributed by atoms with Crippen LogP contribution in [0.4, 0.5) is 0 Å². The third kappa shape index (κ3) is 3.63. The van der Waals surface area contributed by atoms with E-state index in [-0.39, 0.29) is 0 Å². The molecule has 1 aromatic carbocycles. The van der Waals surface area contributed by atoms with Gasteiger partial charge in [-0.05, 0) is 37.1 Å². The third-order valence-electron chi connectivity index (χ3n) is 5.21. The van der Waals surface area contributed by atoms with Crippen LogP contribution in [0.1, 0.15) is 42.9 Å². The molecule has 1 saturated heterocycles. The highest BCUT2D eigenvalue weighted by atomic mass is 16.5. The van der Waals surface area contributed by atoms with E-state index in [9.17, 15) is 0 Å². The van der Waals surface area contributed by atoms with Crippen molar-refractivity contribution in [3.63, 3.8) is 0 Å². The van der Waals surface area contributed by atoms with E-state index in [2.05, 4.69) is 22.0 Å². The van der Waals surface area contributed by atoms with E-state index in [4.69, 9.17) is 14.2 Å². The van der Waals surface area contributed by atoms with Gasteiger partial charge in [0.1, 0.15) is 5.75 Å². The summed E-state index contributed by atoms with van der Waals surface area (Å²) in [6.45, 7) is 3.29. The van der Waals surface area contributed by atoms with Gasteiger partial charge >= 0.3 is 0 Å². The number of hydrogen-bond acceptors (Lipinski definition) is 5. The number of hydrogen-bond donors (Lipinski definition) is 0. The summed E-state index contributed by atoms with van der Waals surface area (Å²) in [5, 5.41) is 0. The minimum Gasteiger partial charge on any atom is -0.496 e. The summed E-state index contributed by atoms with van der Waals surface area (Å²) in [5.74, 6) is 2.48. The first-order valence-corrected chi connectivity index (χ1v) is 9.45. The smallest absolute Gasteiger partial charge is 0.164 e. The zero-order chi connectivity index (χ0) is 17.8. The lowest BCUT2D eigenvalue weighted by Crippen LogP contribution is -2.33. The van der Waals surface area contributed by atoms with Gasteiger partial charge in [0.25, 0.3) is 0 Å². The van der Waals surface area contributed by atoms with Gasteiger partial charge in [0.15, 0.2) is 11.5 Å². The van der Waals surface area contributed by atoms with Crippen LogP contribution in [0, 0.1) is 0 Å². The molecular formula is C21H26N2O3. The van der Waals surface area contributed by atoms with Gasteiger partial charge in [0.05, 0.1) is 20.3 Å². The van der Waals surface area contributed by atoms with Gasteiger partial charge in [-0.15, -0.1) is 0 Å². The van der Waals surface area contributed by atoms with E-state index >= 15 is 0 Å². The molecule has 26 heavy (non-hydrogen) atoms. The average molecular weight is 354 g/mol. The number of ether oxygens (including phenoxy) is 3. The molecule has 1 fully saturated rings. The molecule has 0 aliphatic carbocycles. The Bertz CT molecular complexity index is 736. The fourth-order valence-corrected chi connectivity index (χ4v) is 3.90. The van der Waals surface area contributed by atoms with E-state index in [0.29, 0.717) is 19.3 Å². The molecular weight excluding hydrogens is 328 g/mol. The van der Waals surface area contributed by atoms with Gasteiger partial charge in [-0.3, -0.25) is 9.88 Å². The molecule has 0 radical (unpaired) electrons. The molecule has 5 heteroatoms. The maximum Gasteiger partial charge on any atom is 0.164 e. The van der Waals surface area contributed by atoms with Crippen LogP contribution in [0.3, 0.4) is 0 Å². The van der Waals surface area contributed by atoms with E-state index in [1.165, 1.54) is 24.8 Å². The molecule has 0 saturated carbocycles. The van der Waals surface area contributed by atoms with Gasteiger partial charge < -0.3 is 14.2 Å². The van der Waals surface area contributed by atoms with Crippen LogP contribution in [0.25, 0.3) is 0 Å². The minimum absolute atomic E-state index is 0.401. The summed E-state index contributed by atoms with van der Waals surface area (Å²) in [6.07, 6.45) is 8.38. The molecule has 1 aromatic heterocycles. The van der Waals surface area contributed by atoms with Gasteiger partial charge in [-0.25, -0.2) is 0 Å². The molecule has 0 bridgehead atoms. The van der Waals surface area contributed by atoms with Crippen LogP contribution >= 0.6 is 0 Å². The lowest BCUT2D eigenvalue weighted by molar-refractivity contribution is 0.138. The summed E-state index contributed by atoms with van der Waals surface area (Å²) < 4.78 is 17.3. The van der Waals surface area contributed by atoms with Crippen LogP contribution in [0.5, 0.6) is 17.2 Å². The minimum atomic E-state index is 0.401. The summed E-state index contributed by atoms with van der Waals surface area (Å²) >= 11 is 0. The Labute approximate surface area is 154 Å². The quantitative estimate of drug-likeness (QED) is 0.831. The number of rotatable bonds is 4. The monoisotopic (exact) mass is 354 g/mol. The summed E-state index contributed by atoms with van der Waals surface area (Å²) in [5.41, 5.74) is 2.44. The number of aromatic nitrogens is 1. The molecule has 2 aliphatic rings. The largest absolute Gasteiger partial charge is 0.496 e. The maximum atomic E-state index is 5.88. The fraction of sp³-hybridized carbons (Fsp3) is 0.476. The molecule has 3 heterocycles. The van der Waals surface area contributed by atoms with Crippen molar-refractivity contribution in [2.75, 3.05) is 26.9 Å². The molecule has 0 unspecified atom stereocenters. The van der Waals surface area contributed by atoms with Crippen LogP contribution in [-0.4, -0.2) is 36.8 Å². The maximum absolute atomic E-state index is 5.88. The van der Waals surface area contributed by atoms with Crippen molar-refractivity contribution in [2.24, 2.45) is 0 Å². The van der Waals surface area contributed by atoms with Gasteiger partial charge in [-0.2, -0.15) is 0 Å². The summed E-state index contributed by atoms with van der Waals surface area (Å²) in [4.78, 5) is 6.85. The zero-order valence-electron chi connectivity index (χ0n) is 15.3. The summed E-state index contributed by atoms with van der Waals surface area (Å²) in [6, 6.07) is 8.67. The molecule has 4 rings (SSSR count). The number of benzene rings is 1. The van der Waals surface area contributed by atoms with Crippen molar-refractivity contribution < 1.29 is 14.2 Å². The molecule has 138 valence electrons. The zero-order valence-corrected chi connectivity index (χ0v) is 15.3. The van der Waals surface area contributed by atoms with Crippen LogP contribution < -0.4 is 14.2 Å². The molecule has 5 nitrogen and oxygen atoms in total. The summed E-state index contributed by atoms with van der Waals surface area (Å²) in [7, 11) is 1.72. The van der Waals surface area contributed by atoms with Crippen LogP contribution in [0.15, 0.2) is 36.7 Å². The number of nitrogens with zero attached hydrogens (tertiary/aromatic N) is 2. The number of fused-ring (bicyclic) bond motifs is 1. The van der Waals surface area contributed by atoms with E-state index < -0.39 is 0 Å². The Kier molecular flexibility index (Phi) is 5.25. The number of methoxy groups -OCH3 is 1. The van der Waals surface area contributed by atoms with Crippen molar-refractivity contribution in [3.05, 3.63) is 47.8 Å². The number of piperidine rings is 1. The number of pyridine rings is 1. The van der Waals surface area contributed by atoms with Crippen molar-refractivity contribution >= 4 is 0 Å². The topological polar surface area (TPSA) is 43.8 Å². The Balaban J connectivity index is 1.61. The fourth-order valence-electron chi connectivity index (χ4n) is 3.90. The van der Waals surface area contributed by atoms with Crippen LogP contribution in [-0.2, 0) is 6.54 Å². The van der Waals surface area contributed by atoms with Crippen molar-refractivity contribution in [1.82, 2.24) is 9.88 Å². The average Bonchev–Trinajstić information content (AvgIpc) is 2.93. The first-order chi connectivity index (χ1) is 12.8. The lowest BCUT2D eigenvalue weighted by atomic mass is 9.95. The Hall–Kier alpha value is -2.27. The SMILES string of the molecule is COc1cc2c(cc1CN1CCCC[C@@H]1c1cccnc1)OCCCO2. The Morgan fingerprint density at radius 1 is 1.15 bits per heavy atom. The van der Waals surface area contributed by atoms with Gasteiger partial charge in [0.2, 0.25) is 0 Å². The predicted molar refractivity (Wildman–Crippen MR) is 99.8 cm³/mol. The van der Waals surface area contributed by atoms with Gasteiger partial charge in [0, 0.05) is 43.0 Å². The molecule has 0 spiro atoms. The third-order valence-corrected chi connectivity index (χ3v) is 5.21. The highest BCUT2D eigenvalue weighted by molar-refractivity contribution is 5.51. The molecule has 0 amide bonds.